The third-order valence-corrected chi connectivity index (χ3v) is 4.46. The molecule has 0 aliphatic heterocycles. The van der Waals surface area contributed by atoms with Crippen molar-refractivity contribution < 1.29 is 14.1 Å². The molecule has 27 heavy (non-hydrogen) atoms. The molecule has 0 radical (unpaired) electrons. The van der Waals surface area contributed by atoms with E-state index in [2.05, 4.69) is 15.5 Å². The van der Waals surface area contributed by atoms with Crippen molar-refractivity contribution >= 4 is 52.2 Å². The topological polar surface area (TPSA) is 111 Å². The van der Waals surface area contributed by atoms with E-state index in [1.165, 1.54) is 24.3 Å². The number of nitro groups is 1. The molecule has 11 heteroatoms. The van der Waals surface area contributed by atoms with Gasteiger partial charge in [0.2, 0.25) is 11.8 Å². The summed E-state index contributed by atoms with van der Waals surface area (Å²) in [5.74, 6) is -0.0608. The molecule has 0 saturated heterocycles. The summed E-state index contributed by atoms with van der Waals surface area (Å²) in [4.78, 5) is 22.2. The molecule has 0 aliphatic rings. The van der Waals surface area contributed by atoms with Crippen molar-refractivity contribution in [3.63, 3.8) is 0 Å². The largest absolute Gasteiger partial charge is 0.411 e. The first-order valence-corrected chi connectivity index (χ1v) is 9.12. The summed E-state index contributed by atoms with van der Waals surface area (Å²) in [6, 6.07) is 10.4. The Hall–Kier alpha value is -2.62. The Morgan fingerprint density at radius 1 is 1.15 bits per heavy atom. The molecule has 0 fully saturated rings. The van der Waals surface area contributed by atoms with Crippen LogP contribution in [0.25, 0.3) is 11.5 Å². The Morgan fingerprint density at radius 3 is 2.44 bits per heavy atom. The molecule has 3 aromatic rings. The van der Waals surface area contributed by atoms with Gasteiger partial charge >= 0.3 is 0 Å². The van der Waals surface area contributed by atoms with Crippen LogP contribution in [0.5, 0.6) is 0 Å². The number of amides is 1. The van der Waals surface area contributed by atoms with Gasteiger partial charge in [0, 0.05) is 33.4 Å². The summed E-state index contributed by atoms with van der Waals surface area (Å²) >= 11 is 12.8. The third kappa shape index (κ3) is 5.19. The number of carbonyl (C=O) groups excluding carboxylic acids is 1. The molecule has 3 rings (SSSR count). The first-order valence-electron chi connectivity index (χ1n) is 7.38. The number of rotatable bonds is 6. The number of nitrogens with zero attached hydrogens (tertiary/aromatic N) is 3. The van der Waals surface area contributed by atoms with Crippen molar-refractivity contribution in [2.45, 2.75) is 5.22 Å². The molecule has 0 atom stereocenters. The minimum Gasteiger partial charge on any atom is -0.411 e. The van der Waals surface area contributed by atoms with Crippen molar-refractivity contribution in [3.05, 3.63) is 62.6 Å². The standard InChI is InChI=1S/C16H10Cl2N4O4S/c17-10-5-11(18)7-12(6-10)19-14(23)8-27-16-21-20-15(26-16)9-1-3-13(4-2-9)22(24)25/h1-7H,8H2,(H,19,23). The van der Waals surface area contributed by atoms with Gasteiger partial charge in [-0.3, -0.25) is 14.9 Å². The van der Waals surface area contributed by atoms with E-state index >= 15 is 0 Å². The van der Waals surface area contributed by atoms with Gasteiger partial charge in [-0.2, -0.15) is 0 Å². The quantitative estimate of drug-likeness (QED) is 0.347. The lowest BCUT2D eigenvalue weighted by Gasteiger charge is -2.05. The van der Waals surface area contributed by atoms with E-state index in [1.807, 2.05) is 0 Å². The van der Waals surface area contributed by atoms with Crippen LogP contribution >= 0.6 is 35.0 Å². The van der Waals surface area contributed by atoms with E-state index in [0.717, 1.165) is 11.8 Å². The van der Waals surface area contributed by atoms with E-state index < -0.39 is 4.92 Å². The number of nitro benzene ring substituents is 1. The Kier molecular flexibility index (Phi) is 5.94. The van der Waals surface area contributed by atoms with Crippen LogP contribution in [0, 0.1) is 10.1 Å². The van der Waals surface area contributed by atoms with Crippen LogP contribution in [0.3, 0.4) is 0 Å². The summed E-state index contributed by atoms with van der Waals surface area (Å²) in [5.41, 5.74) is 0.985. The minimum atomic E-state index is -0.495. The van der Waals surface area contributed by atoms with Crippen LogP contribution in [-0.4, -0.2) is 26.8 Å². The van der Waals surface area contributed by atoms with Gasteiger partial charge in [-0.25, -0.2) is 0 Å². The first-order chi connectivity index (χ1) is 12.9. The SMILES string of the molecule is O=C(CSc1nnc(-c2ccc([N+](=O)[O-])cc2)o1)Nc1cc(Cl)cc(Cl)c1. The lowest BCUT2D eigenvalue weighted by Crippen LogP contribution is -2.13. The van der Waals surface area contributed by atoms with Gasteiger partial charge in [0.25, 0.3) is 10.9 Å². The lowest BCUT2D eigenvalue weighted by atomic mass is 10.2. The fourth-order valence-electron chi connectivity index (χ4n) is 2.06. The second kappa shape index (κ2) is 8.38. The molecule has 1 amide bonds. The predicted molar refractivity (Wildman–Crippen MR) is 102 cm³/mol. The summed E-state index contributed by atoms with van der Waals surface area (Å²) < 4.78 is 5.46. The fraction of sp³-hybridized carbons (Fsp3) is 0.0625. The predicted octanol–water partition coefficient (Wildman–Crippen LogP) is 4.68. The van der Waals surface area contributed by atoms with Crippen LogP contribution < -0.4 is 5.32 Å². The van der Waals surface area contributed by atoms with Gasteiger partial charge in [-0.15, -0.1) is 10.2 Å². The molecular formula is C16H10Cl2N4O4S. The number of hydrogen-bond donors (Lipinski definition) is 1. The molecule has 8 nitrogen and oxygen atoms in total. The number of halogens is 2. The number of nitrogens with one attached hydrogen (secondary N) is 1. The Morgan fingerprint density at radius 2 is 1.81 bits per heavy atom. The average Bonchev–Trinajstić information content (AvgIpc) is 3.08. The first kappa shape index (κ1) is 19.2. The minimum absolute atomic E-state index is 0.0338. The number of carbonyl (C=O) groups is 1. The van der Waals surface area contributed by atoms with Gasteiger partial charge < -0.3 is 9.73 Å². The van der Waals surface area contributed by atoms with Crippen molar-refractivity contribution in [1.82, 2.24) is 10.2 Å². The van der Waals surface area contributed by atoms with Gasteiger partial charge in [-0.1, -0.05) is 35.0 Å². The van der Waals surface area contributed by atoms with Gasteiger partial charge in [-0.05, 0) is 30.3 Å². The zero-order valence-corrected chi connectivity index (χ0v) is 15.7. The molecular weight excluding hydrogens is 415 g/mol. The third-order valence-electron chi connectivity index (χ3n) is 3.20. The molecule has 0 bridgehead atoms. The Balaban J connectivity index is 1.59. The molecule has 1 N–H and O–H groups in total. The summed E-state index contributed by atoms with van der Waals surface area (Å²) in [6.07, 6.45) is 0. The van der Waals surface area contributed by atoms with Gasteiger partial charge in [0.15, 0.2) is 0 Å². The van der Waals surface area contributed by atoms with E-state index in [0.29, 0.717) is 21.3 Å². The van der Waals surface area contributed by atoms with E-state index in [1.54, 1.807) is 18.2 Å². The maximum absolute atomic E-state index is 12.0. The molecule has 0 saturated carbocycles. The molecule has 0 spiro atoms. The number of thioether (sulfide) groups is 1. The van der Waals surface area contributed by atoms with Crippen LogP contribution in [0.2, 0.25) is 10.0 Å². The van der Waals surface area contributed by atoms with Crippen molar-refractivity contribution in [1.29, 1.82) is 0 Å². The highest BCUT2D eigenvalue weighted by atomic mass is 35.5. The van der Waals surface area contributed by atoms with Crippen LogP contribution in [0.4, 0.5) is 11.4 Å². The zero-order valence-electron chi connectivity index (χ0n) is 13.4. The number of anilines is 1. The number of hydrogen-bond acceptors (Lipinski definition) is 7. The summed E-state index contributed by atoms with van der Waals surface area (Å²) in [5, 5.41) is 22.1. The maximum Gasteiger partial charge on any atom is 0.277 e. The van der Waals surface area contributed by atoms with Crippen LogP contribution in [0.15, 0.2) is 52.1 Å². The molecule has 138 valence electrons. The summed E-state index contributed by atoms with van der Waals surface area (Å²) in [6.45, 7) is 0. The Bertz CT molecular complexity index is 974. The fourth-order valence-corrected chi connectivity index (χ4v) is 3.15. The maximum atomic E-state index is 12.0. The number of benzene rings is 2. The Labute approximate surface area is 167 Å². The number of non-ortho nitro benzene ring substituents is 1. The molecule has 2 aromatic carbocycles. The smallest absolute Gasteiger partial charge is 0.277 e. The monoisotopic (exact) mass is 424 g/mol. The zero-order chi connectivity index (χ0) is 19.4. The van der Waals surface area contributed by atoms with E-state index in [-0.39, 0.29) is 28.5 Å². The van der Waals surface area contributed by atoms with Crippen LogP contribution in [0.1, 0.15) is 0 Å². The molecule has 0 aliphatic carbocycles. The van der Waals surface area contributed by atoms with Crippen LogP contribution in [-0.2, 0) is 4.79 Å². The number of aromatic nitrogens is 2. The van der Waals surface area contributed by atoms with Crippen molar-refractivity contribution in [3.8, 4) is 11.5 Å². The highest BCUT2D eigenvalue weighted by Crippen LogP contribution is 2.26. The highest BCUT2D eigenvalue weighted by molar-refractivity contribution is 7.99. The highest BCUT2D eigenvalue weighted by Gasteiger charge is 2.13. The van der Waals surface area contributed by atoms with Gasteiger partial charge in [0.05, 0.1) is 10.7 Å². The second-order valence-corrected chi connectivity index (χ2v) is 6.97. The van der Waals surface area contributed by atoms with E-state index in [9.17, 15) is 14.9 Å². The second-order valence-electron chi connectivity index (χ2n) is 5.17. The normalized spacial score (nSPS) is 10.6. The average molecular weight is 425 g/mol. The molecule has 1 aromatic heterocycles. The van der Waals surface area contributed by atoms with Crippen molar-refractivity contribution in [2.24, 2.45) is 0 Å². The molecule has 0 unspecified atom stereocenters. The van der Waals surface area contributed by atoms with E-state index in [4.69, 9.17) is 27.6 Å². The summed E-state index contributed by atoms with van der Waals surface area (Å²) in [7, 11) is 0. The lowest BCUT2D eigenvalue weighted by molar-refractivity contribution is -0.384. The molecule has 1 heterocycles. The van der Waals surface area contributed by atoms with Crippen molar-refractivity contribution in [2.75, 3.05) is 11.1 Å². The van der Waals surface area contributed by atoms with Gasteiger partial charge in [0.1, 0.15) is 0 Å².